The SMILES string of the molecule is CC(C)c1ccc(OCc2cccc(C(=O)Nc3cnn(Cc4c(Cl)cccc4Cl)c3)c2)cc1. The highest BCUT2D eigenvalue weighted by Gasteiger charge is 2.11. The number of ether oxygens (including phenoxy) is 1. The van der Waals surface area contributed by atoms with E-state index in [1.807, 2.05) is 30.3 Å². The molecule has 0 fully saturated rings. The minimum atomic E-state index is -0.224. The normalized spacial score (nSPS) is 11.0. The van der Waals surface area contributed by atoms with Gasteiger partial charge in [-0.25, -0.2) is 0 Å². The van der Waals surface area contributed by atoms with Crippen LogP contribution in [0, 0.1) is 0 Å². The molecule has 4 rings (SSSR count). The summed E-state index contributed by atoms with van der Waals surface area (Å²) in [6, 6.07) is 20.8. The van der Waals surface area contributed by atoms with Gasteiger partial charge in [-0.05, 0) is 53.4 Å². The van der Waals surface area contributed by atoms with Gasteiger partial charge < -0.3 is 10.1 Å². The van der Waals surface area contributed by atoms with Gasteiger partial charge in [-0.15, -0.1) is 0 Å². The van der Waals surface area contributed by atoms with Gasteiger partial charge in [-0.1, -0.05) is 67.4 Å². The smallest absolute Gasteiger partial charge is 0.255 e. The highest BCUT2D eigenvalue weighted by Crippen LogP contribution is 2.25. The number of nitrogens with one attached hydrogen (secondary N) is 1. The molecular weight excluding hydrogens is 469 g/mol. The van der Waals surface area contributed by atoms with Gasteiger partial charge in [0.1, 0.15) is 12.4 Å². The third-order valence-electron chi connectivity index (χ3n) is 5.41. The number of benzene rings is 3. The Labute approximate surface area is 209 Å². The molecule has 174 valence electrons. The Balaban J connectivity index is 1.37. The fraction of sp³-hybridized carbons (Fsp3) is 0.185. The monoisotopic (exact) mass is 493 g/mol. The van der Waals surface area contributed by atoms with E-state index in [2.05, 4.69) is 36.4 Å². The molecule has 1 amide bonds. The minimum absolute atomic E-state index is 0.224. The van der Waals surface area contributed by atoms with Crippen LogP contribution in [0.4, 0.5) is 5.69 Å². The van der Waals surface area contributed by atoms with Gasteiger partial charge in [0.15, 0.2) is 0 Å². The van der Waals surface area contributed by atoms with Gasteiger partial charge >= 0.3 is 0 Å². The van der Waals surface area contributed by atoms with E-state index in [1.165, 1.54) is 5.56 Å². The molecule has 0 aliphatic rings. The van der Waals surface area contributed by atoms with E-state index in [-0.39, 0.29) is 5.91 Å². The average molecular weight is 494 g/mol. The molecule has 0 unspecified atom stereocenters. The van der Waals surface area contributed by atoms with Crippen molar-refractivity contribution in [3.05, 3.63) is 111 Å². The van der Waals surface area contributed by atoms with Crippen LogP contribution < -0.4 is 10.1 Å². The summed E-state index contributed by atoms with van der Waals surface area (Å²) in [5, 5.41) is 8.33. The molecule has 0 saturated heterocycles. The van der Waals surface area contributed by atoms with Crippen molar-refractivity contribution in [2.24, 2.45) is 0 Å². The number of nitrogens with zero attached hydrogens (tertiary/aromatic N) is 2. The fourth-order valence-electron chi connectivity index (χ4n) is 3.48. The second-order valence-corrected chi connectivity index (χ2v) is 9.11. The third kappa shape index (κ3) is 5.99. The number of rotatable bonds is 8. The number of carbonyl (C=O) groups excluding carboxylic acids is 1. The molecule has 1 heterocycles. The Morgan fingerprint density at radius 2 is 1.74 bits per heavy atom. The largest absolute Gasteiger partial charge is 0.489 e. The summed E-state index contributed by atoms with van der Waals surface area (Å²) in [4.78, 5) is 12.8. The predicted molar refractivity (Wildman–Crippen MR) is 137 cm³/mol. The maximum absolute atomic E-state index is 12.8. The second-order valence-electron chi connectivity index (χ2n) is 8.29. The fourth-order valence-corrected chi connectivity index (χ4v) is 4.00. The molecular formula is C27H25Cl2N3O2. The molecule has 0 saturated carbocycles. The first-order valence-electron chi connectivity index (χ1n) is 11.0. The summed E-state index contributed by atoms with van der Waals surface area (Å²) < 4.78 is 7.57. The van der Waals surface area contributed by atoms with E-state index in [9.17, 15) is 4.79 Å². The zero-order valence-electron chi connectivity index (χ0n) is 19.0. The average Bonchev–Trinajstić information content (AvgIpc) is 3.27. The van der Waals surface area contributed by atoms with E-state index in [1.54, 1.807) is 41.3 Å². The van der Waals surface area contributed by atoms with Gasteiger partial charge in [0, 0.05) is 27.4 Å². The van der Waals surface area contributed by atoms with E-state index < -0.39 is 0 Å². The van der Waals surface area contributed by atoms with Gasteiger partial charge in [0.2, 0.25) is 0 Å². The molecule has 0 radical (unpaired) electrons. The van der Waals surface area contributed by atoms with Crippen molar-refractivity contribution in [1.29, 1.82) is 0 Å². The molecule has 4 aromatic rings. The van der Waals surface area contributed by atoms with Crippen LogP contribution in [-0.2, 0) is 13.2 Å². The van der Waals surface area contributed by atoms with Crippen molar-refractivity contribution < 1.29 is 9.53 Å². The summed E-state index contributed by atoms with van der Waals surface area (Å²) in [5.74, 6) is 1.05. The standard InChI is InChI=1S/C27H25Cl2N3O2/c1-18(2)20-9-11-23(12-10-20)34-17-19-5-3-6-21(13-19)27(33)31-22-14-30-32(15-22)16-24-25(28)7-4-8-26(24)29/h3-15,18H,16-17H2,1-2H3,(H,31,33). The Kier molecular flexibility index (Phi) is 7.56. The van der Waals surface area contributed by atoms with E-state index in [4.69, 9.17) is 27.9 Å². The van der Waals surface area contributed by atoms with E-state index in [0.29, 0.717) is 40.4 Å². The molecule has 5 nitrogen and oxygen atoms in total. The van der Waals surface area contributed by atoms with Crippen molar-refractivity contribution in [3.8, 4) is 5.75 Å². The third-order valence-corrected chi connectivity index (χ3v) is 6.12. The minimum Gasteiger partial charge on any atom is -0.489 e. The first-order chi connectivity index (χ1) is 16.4. The number of amides is 1. The molecule has 0 spiro atoms. The summed E-state index contributed by atoms with van der Waals surface area (Å²) in [6.07, 6.45) is 3.34. The maximum Gasteiger partial charge on any atom is 0.255 e. The number of hydrogen-bond acceptors (Lipinski definition) is 3. The number of halogens is 2. The van der Waals surface area contributed by atoms with Crippen LogP contribution in [0.5, 0.6) is 5.75 Å². The van der Waals surface area contributed by atoms with Crippen LogP contribution >= 0.6 is 23.2 Å². The van der Waals surface area contributed by atoms with E-state index >= 15 is 0 Å². The Bertz CT molecular complexity index is 1260. The number of hydrogen-bond donors (Lipinski definition) is 1. The highest BCUT2D eigenvalue weighted by atomic mass is 35.5. The molecule has 1 N–H and O–H groups in total. The van der Waals surface area contributed by atoms with Crippen molar-refractivity contribution in [2.75, 3.05) is 5.32 Å². The lowest BCUT2D eigenvalue weighted by atomic mass is 10.0. The van der Waals surface area contributed by atoms with Crippen LogP contribution in [-0.4, -0.2) is 15.7 Å². The number of aromatic nitrogens is 2. The van der Waals surface area contributed by atoms with Crippen molar-refractivity contribution in [3.63, 3.8) is 0 Å². The Morgan fingerprint density at radius 1 is 1.03 bits per heavy atom. The number of carbonyl (C=O) groups is 1. The van der Waals surface area contributed by atoms with Gasteiger partial charge in [0.05, 0.1) is 18.4 Å². The summed E-state index contributed by atoms with van der Waals surface area (Å²) in [6.45, 7) is 5.09. The molecule has 3 aromatic carbocycles. The van der Waals surface area contributed by atoms with Crippen LogP contribution in [0.3, 0.4) is 0 Å². The quantitative estimate of drug-likeness (QED) is 0.282. The van der Waals surface area contributed by atoms with Crippen LogP contribution in [0.1, 0.15) is 46.8 Å². The van der Waals surface area contributed by atoms with Crippen LogP contribution in [0.25, 0.3) is 0 Å². The zero-order valence-corrected chi connectivity index (χ0v) is 20.5. The second kappa shape index (κ2) is 10.8. The predicted octanol–water partition coefficient (Wildman–Crippen LogP) is 7.19. The van der Waals surface area contributed by atoms with E-state index in [0.717, 1.165) is 16.9 Å². The topological polar surface area (TPSA) is 56.1 Å². The first-order valence-corrected chi connectivity index (χ1v) is 11.7. The Morgan fingerprint density at radius 3 is 2.44 bits per heavy atom. The molecule has 0 atom stereocenters. The van der Waals surface area contributed by atoms with Crippen LogP contribution in [0.2, 0.25) is 10.0 Å². The number of anilines is 1. The summed E-state index contributed by atoms with van der Waals surface area (Å²) in [5.41, 5.74) is 4.07. The molecule has 1 aromatic heterocycles. The van der Waals surface area contributed by atoms with Gasteiger partial charge in [0.25, 0.3) is 5.91 Å². The van der Waals surface area contributed by atoms with Gasteiger partial charge in [-0.2, -0.15) is 5.10 Å². The lowest BCUT2D eigenvalue weighted by Gasteiger charge is -2.10. The van der Waals surface area contributed by atoms with Crippen molar-refractivity contribution >= 4 is 34.8 Å². The van der Waals surface area contributed by atoms with Gasteiger partial charge in [-0.3, -0.25) is 9.48 Å². The highest BCUT2D eigenvalue weighted by molar-refractivity contribution is 6.35. The Hall–Kier alpha value is -3.28. The lowest BCUT2D eigenvalue weighted by molar-refractivity contribution is 0.102. The maximum atomic E-state index is 12.8. The summed E-state index contributed by atoms with van der Waals surface area (Å²) >= 11 is 12.5. The molecule has 0 aliphatic heterocycles. The molecule has 34 heavy (non-hydrogen) atoms. The van der Waals surface area contributed by atoms with Crippen LogP contribution in [0.15, 0.2) is 79.1 Å². The summed E-state index contributed by atoms with van der Waals surface area (Å²) in [7, 11) is 0. The first kappa shape index (κ1) is 23.9. The van der Waals surface area contributed by atoms with Crippen molar-refractivity contribution in [1.82, 2.24) is 9.78 Å². The van der Waals surface area contributed by atoms with Crippen molar-refractivity contribution in [2.45, 2.75) is 32.9 Å². The molecule has 7 heteroatoms. The zero-order chi connectivity index (χ0) is 24.1. The lowest BCUT2D eigenvalue weighted by Crippen LogP contribution is -2.12. The molecule has 0 bridgehead atoms. The molecule has 0 aliphatic carbocycles.